The van der Waals surface area contributed by atoms with E-state index in [1.807, 2.05) is 73.7 Å². The highest BCUT2D eigenvalue weighted by molar-refractivity contribution is 6.31. The first kappa shape index (κ1) is 20.4. The van der Waals surface area contributed by atoms with Crippen LogP contribution >= 0.6 is 11.6 Å². The molecule has 0 aliphatic rings. The van der Waals surface area contributed by atoms with Gasteiger partial charge in [-0.1, -0.05) is 72.3 Å². The molecule has 1 amide bonds. The van der Waals surface area contributed by atoms with Gasteiger partial charge in [-0.05, 0) is 31.1 Å². The SMILES string of the molecule is Cc1nn(Cc2ccccc2)c(Cl)c1/C=C(\C#N)C(=O)NC(C)c1ccccc1. The van der Waals surface area contributed by atoms with Crippen molar-refractivity contribution in [1.29, 1.82) is 5.26 Å². The molecular formula is C23H21ClN4O. The lowest BCUT2D eigenvalue weighted by Crippen LogP contribution is -2.27. The maximum atomic E-state index is 12.6. The Hall–Kier alpha value is -3.36. The minimum atomic E-state index is -0.449. The van der Waals surface area contributed by atoms with Crippen molar-refractivity contribution >= 4 is 23.6 Å². The molecule has 29 heavy (non-hydrogen) atoms. The second-order valence-electron chi connectivity index (χ2n) is 6.71. The fourth-order valence-electron chi connectivity index (χ4n) is 2.98. The number of halogens is 1. The Morgan fingerprint density at radius 2 is 1.83 bits per heavy atom. The van der Waals surface area contributed by atoms with Crippen LogP contribution in [0, 0.1) is 18.3 Å². The third-order valence-electron chi connectivity index (χ3n) is 4.59. The second-order valence-corrected chi connectivity index (χ2v) is 7.07. The monoisotopic (exact) mass is 404 g/mol. The largest absolute Gasteiger partial charge is 0.345 e. The molecule has 5 nitrogen and oxygen atoms in total. The van der Waals surface area contributed by atoms with Crippen LogP contribution < -0.4 is 5.32 Å². The molecule has 0 bridgehead atoms. The Kier molecular flexibility index (Phi) is 6.48. The first-order valence-corrected chi connectivity index (χ1v) is 9.62. The summed E-state index contributed by atoms with van der Waals surface area (Å²) in [6.07, 6.45) is 1.50. The average Bonchev–Trinajstić information content (AvgIpc) is 3.00. The molecule has 1 unspecified atom stereocenters. The van der Waals surface area contributed by atoms with E-state index < -0.39 is 5.91 Å². The quantitative estimate of drug-likeness (QED) is 0.479. The second kappa shape index (κ2) is 9.22. The molecule has 0 radical (unpaired) electrons. The summed E-state index contributed by atoms with van der Waals surface area (Å²) in [5.41, 5.74) is 3.23. The molecule has 1 heterocycles. The number of nitriles is 1. The smallest absolute Gasteiger partial charge is 0.262 e. The zero-order chi connectivity index (χ0) is 20.8. The molecule has 0 saturated heterocycles. The summed E-state index contributed by atoms with van der Waals surface area (Å²) in [6, 6.07) is 21.2. The summed E-state index contributed by atoms with van der Waals surface area (Å²) in [5.74, 6) is -0.449. The number of aromatic nitrogens is 2. The Morgan fingerprint density at radius 3 is 2.45 bits per heavy atom. The third-order valence-corrected chi connectivity index (χ3v) is 4.98. The molecule has 0 saturated carbocycles. The van der Waals surface area contributed by atoms with E-state index in [2.05, 4.69) is 10.4 Å². The van der Waals surface area contributed by atoms with E-state index in [0.29, 0.717) is 23.0 Å². The van der Waals surface area contributed by atoms with Crippen LogP contribution in [0.4, 0.5) is 0 Å². The van der Waals surface area contributed by atoms with Gasteiger partial charge in [-0.2, -0.15) is 10.4 Å². The van der Waals surface area contributed by atoms with E-state index >= 15 is 0 Å². The van der Waals surface area contributed by atoms with Crippen LogP contribution in [0.5, 0.6) is 0 Å². The Labute approximate surface area is 175 Å². The predicted octanol–water partition coefficient (Wildman–Crippen LogP) is 4.68. The summed E-state index contributed by atoms with van der Waals surface area (Å²) in [7, 11) is 0. The molecule has 3 rings (SSSR count). The zero-order valence-electron chi connectivity index (χ0n) is 16.3. The van der Waals surface area contributed by atoms with Crippen LogP contribution in [-0.2, 0) is 11.3 Å². The lowest BCUT2D eigenvalue weighted by atomic mass is 10.1. The van der Waals surface area contributed by atoms with Gasteiger partial charge in [-0.3, -0.25) is 4.79 Å². The van der Waals surface area contributed by atoms with Gasteiger partial charge in [-0.25, -0.2) is 4.68 Å². The topological polar surface area (TPSA) is 70.7 Å². The van der Waals surface area contributed by atoms with E-state index in [1.54, 1.807) is 11.6 Å². The number of hydrogen-bond donors (Lipinski definition) is 1. The van der Waals surface area contributed by atoms with Gasteiger partial charge in [0.15, 0.2) is 0 Å². The Balaban J connectivity index is 1.82. The van der Waals surface area contributed by atoms with Gasteiger partial charge in [0.05, 0.1) is 18.3 Å². The average molecular weight is 405 g/mol. The van der Waals surface area contributed by atoms with Crippen molar-refractivity contribution in [3.8, 4) is 6.07 Å². The van der Waals surface area contributed by atoms with Gasteiger partial charge >= 0.3 is 0 Å². The number of amides is 1. The van der Waals surface area contributed by atoms with Crippen molar-refractivity contribution in [2.75, 3.05) is 0 Å². The van der Waals surface area contributed by atoms with Crippen LogP contribution in [0.1, 0.15) is 35.3 Å². The number of nitrogens with one attached hydrogen (secondary N) is 1. The lowest BCUT2D eigenvalue weighted by molar-refractivity contribution is -0.117. The van der Waals surface area contributed by atoms with Crippen LogP contribution in [0.3, 0.4) is 0 Å². The fraction of sp³-hybridized carbons (Fsp3) is 0.174. The highest BCUT2D eigenvalue weighted by atomic mass is 35.5. The third kappa shape index (κ3) is 4.92. The molecule has 6 heteroatoms. The number of carbonyl (C=O) groups is 1. The maximum Gasteiger partial charge on any atom is 0.262 e. The van der Waals surface area contributed by atoms with Crippen molar-refractivity contribution in [3.63, 3.8) is 0 Å². The molecule has 0 aliphatic carbocycles. The number of hydrogen-bond acceptors (Lipinski definition) is 3. The van der Waals surface area contributed by atoms with Gasteiger partial charge in [0, 0.05) is 5.56 Å². The highest BCUT2D eigenvalue weighted by Gasteiger charge is 2.17. The normalized spacial score (nSPS) is 12.3. The van der Waals surface area contributed by atoms with Crippen molar-refractivity contribution in [3.05, 3.63) is 93.8 Å². The molecule has 0 aliphatic heterocycles. The summed E-state index contributed by atoms with van der Waals surface area (Å²) < 4.78 is 1.66. The van der Waals surface area contributed by atoms with Gasteiger partial charge in [-0.15, -0.1) is 0 Å². The highest BCUT2D eigenvalue weighted by Crippen LogP contribution is 2.24. The van der Waals surface area contributed by atoms with E-state index in [9.17, 15) is 10.1 Å². The molecule has 0 spiro atoms. The molecule has 1 atom stereocenters. The standard InChI is InChI=1S/C23H21ClN4O/c1-16(19-11-7-4-8-12-19)26-23(29)20(14-25)13-21-17(2)27-28(22(21)24)15-18-9-5-3-6-10-18/h3-13,16H,15H2,1-2H3,(H,26,29)/b20-13+. The van der Waals surface area contributed by atoms with Crippen molar-refractivity contribution in [1.82, 2.24) is 15.1 Å². The number of benzene rings is 2. The van der Waals surface area contributed by atoms with Crippen LogP contribution in [0.2, 0.25) is 5.15 Å². The first-order chi connectivity index (χ1) is 14.0. The van der Waals surface area contributed by atoms with Gasteiger partial charge in [0.1, 0.15) is 16.8 Å². The van der Waals surface area contributed by atoms with Crippen molar-refractivity contribution in [2.24, 2.45) is 0 Å². The zero-order valence-corrected chi connectivity index (χ0v) is 17.0. The molecule has 2 aromatic carbocycles. The molecule has 1 N–H and O–H groups in total. The van der Waals surface area contributed by atoms with E-state index in [0.717, 1.165) is 11.1 Å². The van der Waals surface area contributed by atoms with Crippen LogP contribution in [0.25, 0.3) is 6.08 Å². The molecule has 3 aromatic rings. The molecule has 1 aromatic heterocycles. The minimum Gasteiger partial charge on any atom is -0.345 e. The van der Waals surface area contributed by atoms with Gasteiger partial charge in [0.25, 0.3) is 5.91 Å². The number of nitrogens with zero attached hydrogens (tertiary/aromatic N) is 3. The maximum absolute atomic E-state index is 12.6. The predicted molar refractivity (Wildman–Crippen MR) is 114 cm³/mol. The Bertz CT molecular complexity index is 1070. The number of aryl methyl sites for hydroxylation is 1. The van der Waals surface area contributed by atoms with Crippen molar-refractivity contribution < 1.29 is 4.79 Å². The van der Waals surface area contributed by atoms with Gasteiger partial charge < -0.3 is 5.32 Å². The molecular weight excluding hydrogens is 384 g/mol. The fourth-order valence-corrected chi connectivity index (χ4v) is 3.27. The van der Waals surface area contributed by atoms with E-state index in [-0.39, 0.29) is 11.6 Å². The minimum absolute atomic E-state index is 0.0166. The van der Waals surface area contributed by atoms with E-state index in [4.69, 9.17) is 11.6 Å². The first-order valence-electron chi connectivity index (χ1n) is 9.24. The van der Waals surface area contributed by atoms with Crippen molar-refractivity contribution in [2.45, 2.75) is 26.4 Å². The summed E-state index contributed by atoms with van der Waals surface area (Å²) >= 11 is 6.50. The summed E-state index contributed by atoms with van der Waals surface area (Å²) in [4.78, 5) is 12.6. The molecule has 146 valence electrons. The Morgan fingerprint density at radius 1 is 1.21 bits per heavy atom. The van der Waals surface area contributed by atoms with Gasteiger partial charge in [0.2, 0.25) is 0 Å². The van der Waals surface area contributed by atoms with E-state index in [1.165, 1.54) is 6.08 Å². The number of rotatable bonds is 6. The summed E-state index contributed by atoms with van der Waals surface area (Å²) in [6.45, 7) is 4.19. The number of carbonyl (C=O) groups excluding carboxylic acids is 1. The molecule has 0 fully saturated rings. The summed E-state index contributed by atoms with van der Waals surface area (Å²) in [5, 5.41) is 17.2. The van der Waals surface area contributed by atoms with Crippen LogP contribution in [-0.4, -0.2) is 15.7 Å². The lowest BCUT2D eigenvalue weighted by Gasteiger charge is -2.13. The van der Waals surface area contributed by atoms with Crippen LogP contribution in [0.15, 0.2) is 66.2 Å².